The summed E-state index contributed by atoms with van der Waals surface area (Å²) >= 11 is 0. The van der Waals surface area contributed by atoms with Gasteiger partial charge in [-0.2, -0.15) is 0 Å². The third-order valence-electron chi connectivity index (χ3n) is 2.97. The minimum absolute atomic E-state index is 0.931. The molecule has 2 nitrogen and oxygen atoms in total. The van der Waals surface area contributed by atoms with Gasteiger partial charge in [-0.05, 0) is 23.8 Å². The average molecular weight is 223 g/mol. The Bertz CT molecular complexity index is 637. The molecule has 84 valence electrons. The van der Waals surface area contributed by atoms with Crippen molar-refractivity contribution < 1.29 is 4.42 Å². The lowest BCUT2D eigenvalue weighted by Gasteiger charge is -2.02. The summed E-state index contributed by atoms with van der Waals surface area (Å²) in [4.78, 5) is 0. The summed E-state index contributed by atoms with van der Waals surface area (Å²) in [5, 5.41) is 4.27. The number of furan rings is 1. The van der Waals surface area contributed by atoms with Crippen LogP contribution in [0.3, 0.4) is 0 Å². The summed E-state index contributed by atoms with van der Waals surface area (Å²) in [5.41, 5.74) is 4.36. The molecule has 1 aromatic heterocycles. The van der Waals surface area contributed by atoms with E-state index in [1.54, 1.807) is 0 Å². The topological polar surface area (TPSA) is 25.2 Å². The van der Waals surface area contributed by atoms with Gasteiger partial charge in [0, 0.05) is 23.7 Å². The van der Waals surface area contributed by atoms with Crippen molar-refractivity contribution in [1.29, 1.82) is 0 Å². The molecule has 0 bridgehead atoms. The van der Waals surface area contributed by atoms with Crippen LogP contribution in [0.15, 0.2) is 59.2 Å². The van der Waals surface area contributed by atoms with E-state index in [1.807, 2.05) is 31.5 Å². The van der Waals surface area contributed by atoms with Gasteiger partial charge in [0.15, 0.2) is 0 Å². The minimum Gasteiger partial charge on any atom is -0.464 e. The quantitative estimate of drug-likeness (QED) is 0.706. The van der Waals surface area contributed by atoms with Crippen LogP contribution in [0, 0.1) is 0 Å². The van der Waals surface area contributed by atoms with E-state index in [1.165, 1.54) is 5.56 Å². The maximum atomic E-state index is 5.54. The highest BCUT2D eigenvalue weighted by molar-refractivity contribution is 5.93. The Kier molecular flexibility index (Phi) is 2.33. The highest BCUT2D eigenvalue weighted by Gasteiger charge is 2.06. The Morgan fingerprint density at radius 3 is 2.47 bits per heavy atom. The lowest BCUT2D eigenvalue weighted by molar-refractivity contribution is 0.617. The second-order valence-corrected chi connectivity index (χ2v) is 3.97. The van der Waals surface area contributed by atoms with Crippen molar-refractivity contribution in [3.8, 4) is 11.1 Å². The molecule has 1 heterocycles. The van der Waals surface area contributed by atoms with E-state index in [-0.39, 0.29) is 0 Å². The summed E-state index contributed by atoms with van der Waals surface area (Å²) in [7, 11) is 1.92. The van der Waals surface area contributed by atoms with E-state index in [9.17, 15) is 0 Å². The fourth-order valence-electron chi connectivity index (χ4n) is 2.02. The van der Waals surface area contributed by atoms with Crippen molar-refractivity contribution in [3.05, 3.63) is 54.8 Å². The van der Waals surface area contributed by atoms with Gasteiger partial charge in [-0.3, -0.25) is 0 Å². The van der Waals surface area contributed by atoms with Crippen LogP contribution in [0.25, 0.3) is 22.1 Å². The van der Waals surface area contributed by atoms with Gasteiger partial charge in [0.1, 0.15) is 5.58 Å². The molecule has 1 N–H and O–H groups in total. The van der Waals surface area contributed by atoms with E-state index in [0.29, 0.717) is 0 Å². The molecule has 0 saturated carbocycles. The van der Waals surface area contributed by atoms with Crippen molar-refractivity contribution in [2.45, 2.75) is 0 Å². The van der Waals surface area contributed by atoms with Crippen LogP contribution < -0.4 is 5.32 Å². The Balaban J connectivity index is 2.13. The van der Waals surface area contributed by atoms with Crippen LogP contribution in [-0.4, -0.2) is 7.05 Å². The van der Waals surface area contributed by atoms with Crippen LogP contribution in [0.4, 0.5) is 5.69 Å². The third-order valence-corrected chi connectivity index (χ3v) is 2.97. The molecule has 3 rings (SSSR count). The lowest BCUT2D eigenvalue weighted by atomic mass is 10.0. The van der Waals surface area contributed by atoms with E-state index >= 15 is 0 Å². The molecule has 0 spiro atoms. The number of rotatable bonds is 2. The lowest BCUT2D eigenvalue weighted by Crippen LogP contribution is -1.86. The molecule has 0 radical (unpaired) electrons. The molecule has 0 aliphatic heterocycles. The number of nitrogens with one attached hydrogen (secondary N) is 1. The van der Waals surface area contributed by atoms with E-state index in [2.05, 4.69) is 35.6 Å². The van der Waals surface area contributed by atoms with E-state index in [4.69, 9.17) is 4.42 Å². The molecule has 0 amide bonds. The normalized spacial score (nSPS) is 10.6. The Hall–Kier alpha value is -2.22. The zero-order chi connectivity index (χ0) is 11.7. The van der Waals surface area contributed by atoms with Gasteiger partial charge < -0.3 is 9.73 Å². The Morgan fingerprint density at radius 2 is 1.71 bits per heavy atom. The van der Waals surface area contributed by atoms with Gasteiger partial charge in [-0.1, -0.05) is 30.3 Å². The second-order valence-electron chi connectivity index (χ2n) is 3.97. The van der Waals surface area contributed by atoms with Gasteiger partial charge in [0.2, 0.25) is 0 Å². The summed E-state index contributed by atoms with van der Waals surface area (Å²) in [6.45, 7) is 0. The molecule has 0 unspecified atom stereocenters. The molecular formula is C15H13NO. The van der Waals surface area contributed by atoms with Gasteiger partial charge >= 0.3 is 0 Å². The van der Waals surface area contributed by atoms with Crippen LogP contribution in [0.1, 0.15) is 0 Å². The standard InChI is InChI=1S/C15H13NO/c1-16-12-8-6-11(7-9-12)14-10-17-15-5-3-2-4-13(14)15/h2-10,16H,1H3. The van der Waals surface area contributed by atoms with Crippen LogP contribution >= 0.6 is 0 Å². The smallest absolute Gasteiger partial charge is 0.134 e. The maximum absolute atomic E-state index is 5.54. The fraction of sp³-hybridized carbons (Fsp3) is 0.0667. The van der Waals surface area contributed by atoms with E-state index < -0.39 is 0 Å². The van der Waals surface area contributed by atoms with Crippen LogP contribution in [0.5, 0.6) is 0 Å². The number of anilines is 1. The average Bonchev–Trinajstić information content (AvgIpc) is 2.83. The first kappa shape index (κ1) is 9.97. The zero-order valence-electron chi connectivity index (χ0n) is 9.60. The number of fused-ring (bicyclic) bond motifs is 1. The molecule has 0 fully saturated rings. The second kappa shape index (κ2) is 3.98. The highest BCUT2D eigenvalue weighted by atomic mass is 16.3. The first-order chi connectivity index (χ1) is 8.38. The molecule has 0 saturated heterocycles. The van der Waals surface area contributed by atoms with Crippen LogP contribution in [0.2, 0.25) is 0 Å². The summed E-state index contributed by atoms with van der Waals surface area (Å²) in [6, 6.07) is 16.4. The number of para-hydroxylation sites is 1. The Labute approximate surface area is 99.9 Å². The van der Waals surface area contributed by atoms with Gasteiger partial charge in [0.05, 0.1) is 6.26 Å². The third kappa shape index (κ3) is 1.68. The van der Waals surface area contributed by atoms with Gasteiger partial charge in [-0.15, -0.1) is 0 Å². The van der Waals surface area contributed by atoms with Gasteiger partial charge in [0.25, 0.3) is 0 Å². The Morgan fingerprint density at radius 1 is 0.941 bits per heavy atom. The molecular weight excluding hydrogens is 210 g/mol. The molecule has 17 heavy (non-hydrogen) atoms. The van der Waals surface area contributed by atoms with Crippen molar-refractivity contribution in [1.82, 2.24) is 0 Å². The molecule has 2 aromatic carbocycles. The minimum atomic E-state index is 0.931. The van der Waals surface area contributed by atoms with Crippen molar-refractivity contribution >= 4 is 16.7 Å². The SMILES string of the molecule is CNc1ccc(-c2coc3ccccc23)cc1. The molecule has 3 aromatic rings. The predicted octanol–water partition coefficient (Wildman–Crippen LogP) is 4.14. The zero-order valence-corrected chi connectivity index (χ0v) is 9.60. The van der Waals surface area contributed by atoms with Crippen molar-refractivity contribution in [2.24, 2.45) is 0 Å². The van der Waals surface area contributed by atoms with Crippen LogP contribution in [-0.2, 0) is 0 Å². The first-order valence-electron chi connectivity index (χ1n) is 5.63. The molecule has 0 atom stereocenters. The summed E-state index contributed by atoms with van der Waals surface area (Å²) in [5.74, 6) is 0. The highest BCUT2D eigenvalue weighted by Crippen LogP contribution is 2.30. The van der Waals surface area contributed by atoms with Gasteiger partial charge in [-0.25, -0.2) is 0 Å². The molecule has 0 aliphatic carbocycles. The molecule has 2 heteroatoms. The monoisotopic (exact) mass is 223 g/mol. The molecule has 0 aliphatic rings. The largest absolute Gasteiger partial charge is 0.464 e. The maximum Gasteiger partial charge on any atom is 0.134 e. The number of hydrogen-bond acceptors (Lipinski definition) is 2. The fourth-order valence-corrected chi connectivity index (χ4v) is 2.02. The van der Waals surface area contributed by atoms with Crippen molar-refractivity contribution in [2.75, 3.05) is 12.4 Å². The summed E-state index contributed by atoms with van der Waals surface area (Å²) in [6.07, 6.45) is 1.82. The number of hydrogen-bond donors (Lipinski definition) is 1. The van der Waals surface area contributed by atoms with Crippen molar-refractivity contribution in [3.63, 3.8) is 0 Å². The number of benzene rings is 2. The summed E-state index contributed by atoms with van der Waals surface area (Å²) < 4.78 is 5.54. The first-order valence-corrected chi connectivity index (χ1v) is 5.63. The predicted molar refractivity (Wildman–Crippen MR) is 71.2 cm³/mol. The van der Waals surface area contributed by atoms with E-state index in [0.717, 1.165) is 22.2 Å².